The monoisotopic (exact) mass is 243 g/mol. The summed E-state index contributed by atoms with van der Waals surface area (Å²) in [7, 11) is 0. The minimum absolute atomic E-state index is 0.00125. The van der Waals surface area contributed by atoms with E-state index in [1.807, 2.05) is 13.8 Å². The molecule has 0 saturated carbocycles. The molecule has 1 aliphatic carbocycles. The molecule has 98 valence electrons. The number of aliphatic hydroxyl groups excluding tert-OH is 1. The zero-order valence-corrected chi connectivity index (χ0v) is 10.3. The first-order chi connectivity index (χ1) is 8.01. The molecule has 2 unspecified atom stereocenters. The molecular weight excluding hydrogens is 222 g/mol. The minimum atomic E-state index is -1.02. The van der Waals surface area contributed by atoms with Gasteiger partial charge < -0.3 is 20.7 Å². The highest BCUT2D eigenvalue weighted by Crippen LogP contribution is 2.26. The second-order valence-corrected chi connectivity index (χ2v) is 4.34. The van der Waals surface area contributed by atoms with Crippen LogP contribution in [0, 0.1) is 0 Å². The molecule has 4 N–H and O–H groups in total. The van der Waals surface area contributed by atoms with E-state index in [1.165, 1.54) is 0 Å². The van der Waals surface area contributed by atoms with E-state index in [0.29, 0.717) is 12.8 Å². The van der Waals surface area contributed by atoms with Crippen LogP contribution in [0.15, 0.2) is 11.3 Å². The SMILES string of the molecule is CCC(CC)OC1C(N)=C(C(=O)O)CCC1O. The average Bonchev–Trinajstić information content (AvgIpc) is 2.29. The Morgan fingerprint density at radius 1 is 1.53 bits per heavy atom. The standard InChI is InChI=1S/C12H21NO4/c1-3-7(4-2)17-11-9(14)6-5-8(10(11)13)12(15)16/h7,9,11,14H,3-6,13H2,1-2H3,(H,15,16). The number of carbonyl (C=O) groups is 1. The molecule has 0 spiro atoms. The number of hydrogen-bond donors (Lipinski definition) is 3. The van der Waals surface area contributed by atoms with Crippen molar-refractivity contribution in [1.82, 2.24) is 0 Å². The first-order valence-electron chi connectivity index (χ1n) is 6.06. The number of carboxylic acid groups (broad SMARTS) is 1. The van der Waals surface area contributed by atoms with Crippen molar-refractivity contribution in [2.45, 2.75) is 57.8 Å². The predicted octanol–water partition coefficient (Wildman–Crippen LogP) is 1.01. The number of carboxylic acids is 1. The lowest BCUT2D eigenvalue weighted by molar-refractivity contribution is -0.133. The number of nitrogens with two attached hydrogens (primary N) is 1. The van der Waals surface area contributed by atoms with Crippen LogP contribution in [0.5, 0.6) is 0 Å². The Hall–Kier alpha value is -1.07. The van der Waals surface area contributed by atoms with Gasteiger partial charge in [-0.1, -0.05) is 13.8 Å². The second kappa shape index (κ2) is 6.02. The Kier molecular flexibility index (Phi) is 4.96. The van der Waals surface area contributed by atoms with Gasteiger partial charge in [0, 0.05) is 0 Å². The second-order valence-electron chi connectivity index (χ2n) is 4.34. The Bertz CT molecular complexity index is 310. The summed E-state index contributed by atoms with van der Waals surface area (Å²) < 4.78 is 5.70. The van der Waals surface area contributed by atoms with Gasteiger partial charge in [-0.25, -0.2) is 4.79 Å². The van der Waals surface area contributed by atoms with Crippen LogP contribution in [0.25, 0.3) is 0 Å². The fourth-order valence-electron chi connectivity index (χ4n) is 2.05. The van der Waals surface area contributed by atoms with Gasteiger partial charge in [0.2, 0.25) is 0 Å². The van der Waals surface area contributed by atoms with Crippen LogP contribution < -0.4 is 5.73 Å². The maximum atomic E-state index is 11.0. The zero-order chi connectivity index (χ0) is 13.0. The summed E-state index contributed by atoms with van der Waals surface area (Å²) in [4.78, 5) is 11.0. The molecule has 5 heteroatoms. The van der Waals surface area contributed by atoms with Crippen molar-refractivity contribution in [1.29, 1.82) is 0 Å². The van der Waals surface area contributed by atoms with Gasteiger partial charge in [-0.3, -0.25) is 0 Å². The maximum Gasteiger partial charge on any atom is 0.333 e. The van der Waals surface area contributed by atoms with Crippen LogP contribution >= 0.6 is 0 Å². The molecule has 1 aliphatic rings. The Morgan fingerprint density at radius 2 is 2.12 bits per heavy atom. The zero-order valence-electron chi connectivity index (χ0n) is 10.3. The minimum Gasteiger partial charge on any atom is -0.478 e. The molecule has 2 atom stereocenters. The third-order valence-electron chi connectivity index (χ3n) is 3.20. The Morgan fingerprint density at radius 3 is 2.59 bits per heavy atom. The third-order valence-corrected chi connectivity index (χ3v) is 3.20. The Labute approximate surface area is 101 Å². The molecule has 5 nitrogen and oxygen atoms in total. The summed E-state index contributed by atoms with van der Waals surface area (Å²) in [5.74, 6) is -1.02. The Balaban J connectivity index is 2.86. The van der Waals surface area contributed by atoms with Gasteiger partial charge in [0.25, 0.3) is 0 Å². The fraction of sp³-hybridized carbons (Fsp3) is 0.750. The maximum absolute atomic E-state index is 11.0. The highest BCUT2D eigenvalue weighted by Gasteiger charge is 2.33. The van der Waals surface area contributed by atoms with Crippen molar-refractivity contribution >= 4 is 5.97 Å². The van der Waals surface area contributed by atoms with Crippen molar-refractivity contribution < 1.29 is 19.7 Å². The summed E-state index contributed by atoms with van der Waals surface area (Å²) in [5.41, 5.74) is 6.13. The first-order valence-corrected chi connectivity index (χ1v) is 6.06. The fourth-order valence-corrected chi connectivity index (χ4v) is 2.05. The van der Waals surface area contributed by atoms with Crippen LogP contribution in [0.1, 0.15) is 39.5 Å². The molecule has 1 rings (SSSR count). The largest absolute Gasteiger partial charge is 0.478 e. The summed E-state index contributed by atoms with van der Waals surface area (Å²) in [6.07, 6.45) is 0.920. The molecule has 0 aromatic carbocycles. The molecule has 17 heavy (non-hydrogen) atoms. The van der Waals surface area contributed by atoms with E-state index in [0.717, 1.165) is 12.8 Å². The summed E-state index contributed by atoms with van der Waals surface area (Å²) >= 11 is 0. The topological polar surface area (TPSA) is 92.8 Å². The van der Waals surface area contributed by atoms with Gasteiger partial charge in [-0.15, -0.1) is 0 Å². The van der Waals surface area contributed by atoms with Crippen molar-refractivity contribution in [3.8, 4) is 0 Å². The van der Waals surface area contributed by atoms with E-state index in [2.05, 4.69) is 0 Å². The molecule has 0 aromatic rings. The number of hydrogen-bond acceptors (Lipinski definition) is 4. The van der Waals surface area contributed by atoms with Gasteiger partial charge in [0.05, 0.1) is 23.5 Å². The smallest absolute Gasteiger partial charge is 0.333 e. The normalized spacial score (nSPS) is 25.4. The lowest BCUT2D eigenvalue weighted by atomic mass is 9.91. The summed E-state index contributed by atoms with van der Waals surface area (Å²) in [6.45, 7) is 3.97. The van der Waals surface area contributed by atoms with E-state index < -0.39 is 18.2 Å². The average molecular weight is 243 g/mol. The van der Waals surface area contributed by atoms with Gasteiger partial charge in [-0.2, -0.15) is 0 Å². The number of aliphatic hydroxyl groups is 1. The quantitative estimate of drug-likeness (QED) is 0.670. The van der Waals surface area contributed by atoms with Crippen molar-refractivity contribution in [2.24, 2.45) is 5.73 Å². The first kappa shape index (κ1) is 14.0. The van der Waals surface area contributed by atoms with E-state index in [1.54, 1.807) is 0 Å². The third kappa shape index (κ3) is 3.20. The highest BCUT2D eigenvalue weighted by atomic mass is 16.5. The molecule has 0 saturated heterocycles. The van der Waals surface area contributed by atoms with Crippen LogP contribution in [0.2, 0.25) is 0 Å². The van der Waals surface area contributed by atoms with E-state index >= 15 is 0 Å². The highest BCUT2D eigenvalue weighted by molar-refractivity contribution is 5.87. The molecule has 0 radical (unpaired) electrons. The molecule has 0 bridgehead atoms. The molecule has 0 amide bonds. The molecule has 0 aliphatic heterocycles. The molecular formula is C12H21NO4. The molecule has 0 fully saturated rings. The molecule has 0 heterocycles. The predicted molar refractivity (Wildman–Crippen MR) is 63.3 cm³/mol. The van der Waals surface area contributed by atoms with Gasteiger partial charge in [0.15, 0.2) is 0 Å². The number of ether oxygens (including phenoxy) is 1. The van der Waals surface area contributed by atoms with E-state index in [4.69, 9.17) is 15.6 Å². The van der Waals surface area contributed by atoms with Crippen molar-refractivity contribution in [2.75, 3.05) is 0 Å². The summed E-state index contributed by atoms with van der Waals surface area (Å²) in [6, 6.07) is 0. The van der Waals surface area contributed by atoms with Gasteiger partial charge >= 0.3 is 5.97 Å². The van der Waals surface area contributed by atoms with Crippen molar-refractivity contribution in [3.05, 3.63) is 11.3 Å². The van der Waals surface area contributed by atoms with Crippen LogP contribution in [0.3, 0.4) is 0 Å². The van der Waals surface area contributed by atoms with Crippen LogP contribution in [-0.4, -0.2) is 34.5 Å². The number of rotatable bonds is 5. The van der Waals surface area contributed by atoms with E-state index in [9.17, 15) is 9.90 Å². The lowest BCUT2D eigenvalue weighted by Crippen LogP contribution is -2.41. The van der Waals surface area contributed by atoms with E-state index in [-0.39, 0.29) is 17.4 Å². The van der Waals surface area contributed by atoms with Gasteiger partial charge in [-0.05, 0) is 25.7 Å². The van der Waals surface area contributed by atoms with Crippen LogP contribution in [-0.2, 0) is 9.53 Å². The lowest BCUT2D eigenvalue weighted by Gasteiger charge is -2.32. The number of aliphatic carboxylic acids is 1. The summed E-state index contributed by atoms with van der Waals surface area (Å²) in [5, 5.41) is 18.8. The van der Waals surface area contributed by atoms with Crippen molar-refractivity contribution in [3.63, 3.8) is 0 Å². The van der Waals surface area contributed by atoms with Gasteiger partial charge in [0.1, 0.15) is 6.10 Å². The molecule has 0 aromatic heterocycles. The van der Waals surface area contributed by atoms with Crippen LogP contribution in [0.4, 0.5) is 0 Å².